The first kappa shape index (κ1) is 14.1. The van der Waals surface area contributed by atoms with E-state index in [1.165, 1.54) is 0 Å². The SMILES string of the molecule is Cc1cc(Br)nc(F)c1NC(=O)CC(C)(C)C. The molecule has 0 bridgehead atoms. The summed E-state index contributed by atoms with van der Waals surface area (Å²) >= 11 is 3.10. The molecular formula is C12H16BrFN2O. The fourth-order valence-electron chi connectivity index (χ4n) is 1.41. The number of carbonyl (C=O) groups excluding carboxylic acids is 1. The molecule has 0 aliphatic carbocycles. The highest BCUT2D eigenvalue weighted by Gasteiger charge is 2.18. The normalized spacial score (nSPS) is 11.4. The molecule has 1 aromatic heterocycles. The topological polar surface area (TPSA) is 42.0 Å². The first-order chi connectivity index (χ1) is 7.69. The highest BCUT2D eigenvalue weighted by atomic mass is 79.9. The highest BCUT2D eigenvalue weighted by molar-refractivity contribution is 9.10. The number of rotatable bonds is 2. The lowest BCUT2D eigenvalue weighted by Crippen LogP contribution is -2.21. The summed E-state index contributed by atoms with van der Waals surface area (Å²) in [6.07, 6.45) is 0.335. The zero-order valence-electron chi connectivity index (χ0n) is 10.4. The number of aromatic nitrogens is 1. The van der Waals surface area contributed by atoms with Crippen LogP contribution < -0.4 is 5.32 Å². The molecule has 0 aromatic carbocycles. The van der Waals surface area contributed by atoms with Crippen molar-refractivity contribution >= 4 is 27.5 Å². The van der Waals surface area contributed by atoms with Crippen molar-refractivity contribution in [3.63, 3.8) is 0 Å². The third-order valence-corrected chi connectivity index (χ3v) is 2.50. The molecular weight excluding hydrogens is 287 g/mol. The van der Waals surface area contributed by atoms with Crippen LogP contribution in [0, 0.1) is 18.3 Å². The number of amides is 1. The molecule has 17 heavy (non-hydrogen) atoms. The summed E-state index contributed by atoms with van der Waals surface area (Å²) in [4.78, 5) is 15.3. The molecule has 0 saturated heterocycles. The van der Waals surface area contributed by atoms with E-state index in [0.29, 0.717) is 16.6 Å². The van der Waals surface area contributed by atoms with Gasteiger partial charge in [0.2, 0.25) is 11.9 Å². The predicted octanol–water partition coefficient (Wildman–Crippen LogP) is 3.67. The van der Waals surface area contributed by atoms with Crippen LogP contribution in [0.25, 0.3) is 0 Å². The van der Waals surface area contributed by atoms with Gasteiger partial charge < -0.3 is 5.32 Å². The number of nitrogens with one attached hydrogen (secondary N) is 1. The minimum Gasteiger partial charge on any atom is -0.322 e. The van der Waals surface area contributed by atoms with Gasteiger partial charge in [0.15, 0.2) is 0 Å². The second-order valence-electron chi connectivity index (χ2n) is 5.21. The van der Waals surface area contributed by atoms with E-state index in [-0.39, 0.29) is 17.0 Å². The Kier molecular flexibility index (Phi) is 4.25. The van der Waals surface area contributed by atoms with Gasteiger partial charge in [0.05, 0.1) is 5.69 Å². The average molecular weight is 303 g/mol. The lowest BCUT2D eigenvalue weighted by molar-refractivity contribution is -0.117. The molecule has 0 unspecified atom stereocenters. The monoisotopic (exact) mass is 302 g/mol. The lowest BCUT2D eigenvalue weighted by Gasteiger charge is -2.18. The second kappa shape index (κ2) is 5.12. The van der Waals surface area contributed by atoms with Gasteiger partial charge in [-0.15, -0.1) is 0 Å². The van der Waals surface area contributed by atoms with Crippen molar-refractivity contribution < 1.29 is 9.18 Å². The van der Waals surface area contributed by atoms with Gasteiger partial charge in [-0.2, -0.15) is 4.39 Å². The predicted molar refractivity (Wildman–Crippen MR) is 69.3 cm³/mol. The van der Waals surface area contributed by atoms with E-state index < -0.39 is 5.95 Å². The zero-order chi connectivity index (χ0) is 13.2. The molecule has 0 radical (unpaired) electrons. The van der Waals surface area contributed by atoms with Gasteiger partial charge in [-0.1, -0.05) is 20.8 Å². The Balaban J connectivity index is 2.86. The van der Waals surface area contributed by atoms with E-state index in [1.807, 2.05) is 20.8 Å². The van der Waals surface area contributed by atoms with E-state index in [1.54, 1.807) is 13.0 Å². The molecule has 0 atom stereocenters. The van der Waals surface area contributed by atoms with Crippen LogP contribution >= 0.6 is 15.9 Å². The third kappa shape index (κ3) is 4.42. The van der Waals surface area contributed by atoms with Crippen LogP contribution in [-0.2, 0) is 4.79 Å². The Morgan fingerprint density at radius 3 is 2.59 bits per heavy atom. The van der Waals surface area contributed by atoms with Crippen molar-refractivity contribution in [2.45, 2.75) is 34.1 Å². The van der Waals surface area contributed by atoms with Gasteiger partial charge in [0.25, 0.3) is 0 Å². The van der Waals surface area contributed by atoms with Crippen LogP contribution in [0.5, 0.6) is 0 Å². The number of hydrogen-bond donors (Lipinski definition) is 1. The molecule has 1 amide bonds. The fraction of sp³-hybridized carbons (Fsp3) is 0.500. The zero-order valence-corrected chi connectivity index (χ0v) is 12.0. The molecule has 0 fully saturated rings. The maximum Gasteiger partial charge on any atom is 0.238 e. The summed E-state index contributed by atoms with van der Waals surface area (Å²) in [5, 5.41) is 2.56. The first-order valence-electron chi connectivity index (χ1n) is 5.31. The van der Waals surface area contributed by atoms with Crippen molar-refractivity contribution in [3.05, 3.63) is 22.2 Å². The summed E-state index contributed by atoms with van der Waals surface area (Å²) in [6.45, 7) is 7.59. The molecule has 94 valence electrons. The van der Waals surface area contributed by atoms with Crippen molar-refractivity contribution in [1.82, 2.24) is 4.98 Å². The molecule has 3 nitrogen and oxygen atoms in total. The Morgan fingerprint density at radius 1 is 1.53 bits per heavy atom. The first-order valence-corrected chi connectivity index (χ1v) is 6.11. The molecule has 1 N–H and O–H groups in total. The van der Waals surface area contributed by atoms with Crippen LogP contribution in [0.2, 0.25) is 0 Å². The van der Waals surface area contributed by atoms with E-state index in [4.69, 9.17) is 0 Å². The minimum absolute atomic E-state index is 0.128. The maximum absolute atomic E-state index is 13.5. The lowest BCUT2D eigenvalue weighted by atomic mass is 9.92. The summed E-state index contributed by atoms with van der Waals surface area (Å²) in [6, 6.07) is 1.66. The molecule has 1 rings (SSSR count). The molecule has 0 aliphatic heterocycles. The Morgan fingerprint density at radius 2 is 2.12 bits per heavy atom. The number of anilines is 1. The van der Waals surface area contributed by atoms with Crippen molar-refractivity contribution in [2.75, 3.05) is 5.32 Å². The van der Waals surface area contributed by atoms with Gasteiger partial charge in [-0.3, -0.25) is 4.79 Å². The number of carbonyl (C=O) groups is 1. The summed E-state index contributed by atoms with van der Waals surface area (Å²) in [5.41, 5.74) is 0.672. The Hall–Kier alpha value is -0.970. The van der Waals surface area contributed by atoms with Crippen LogP contribution in [0.3, 0.4) is 0 Å². The molecule has 0 aliphatic rings. The number of pyridine rings is 1. The average Bonchev–Trinajstić information content (AvgIpc) is 2.08. The second-order valence-corrected chi connectivity index (χ2v) is 6.03. The van der Waals surface area contributed by atoms with Crippen LogP contribution in [0.4, 0.5) is 10.1 Å². The maximum atomic E-state index is 13.5. The number of aryl methyl sites for hydroxylation is 1. The molecule has 5 heteroatoms. The van der Waals surface area contributed by atoms with Gasteiger partial charge in [-0.05, 0) is 39.9 Å². The van der Waals surface area contributed by atoms with E-state index >= 15 is 0 Å². The molecule has 1 heterocycles. The van der Waals surface area contributed by atoms with E-state index in [0.717, 1.165) is 0 Å². The van der Waals surface area contributed by atoms with Crippen LogP contribution in [-0.4, -0.2) is 10.9 Å². The summed E-state index contributed by atoms with van der Waals surface area (Å²) in [5.74, 6) is -0.872. The summed E-state index contributed by atoms with van der Waals surface area (Å²) in [7, 11) is 0. The fourth-order valence-corrected chi connectivity index (χ4v) is 1.91. The van der Waals surface area contributed by atoms with Crippen LogP contribution in [0.1, 0.15) is 32.8 Å². The van der Waals surface area contributed by atoms with Crippen molar-refractivity contribution in [3.8, 4) is 0 Å². The number of halogens is 2. The third-order valence-electron chi connectivity index (χ3n) is 2.10. The largest absolute Gasteiger partial charge is 0.322 e. The molecule has 0 saturated carbocycles. The van der Waals surface area contributed by atoms with Crippen molar-refractivity contribution in [1.29, 1.82) is 0 Å². The van der Waals surface area contributed by atoms with Gasteiger partial charge >= 0.3 is 0 Å². The van der Waals surface area contributed by atoms with Crippen molar-refractivity contribution in [2.24, 2.45) is 5.41 Å². The molecule has 0 spiro atoms. The Bertz CT molecular complexity index is 418. The van der Waals surface area contributed by atoms with Gasteiger partial charge in [0.1, 0.15) is 4.60 Å². The summed E-state index contributed by atoms with van der Waals surface area (Å²) < 4.78 is 14.0. The molecule has 1 aromatic rings. The quantitative estimate of drug-likeness (QED) is 0.847. The van der Waals surface area contributed by atoms with Gasteiger partial charge in [-0.25, -0.2) is 4.98 Å². The Labute approximate surface area is 109 Å². The highest BCUT2D eigenvalue weighted by Crippen LogP contribution is 2.24. The van der Waals surface area contributed by atoms with Gasteiger partial charge in [0, 0.05) is 6.42 Å². The number of hydrogen-bond acceptors (Lipinski definition) is 2. The number of nitrogens with zero attached hydrogens (tertiary/aromatic N) is 1. The smallest absolute Gasteiger partial charge is 0.238 e. The van der Waals surface area contributed by atoms with E-state index in [2.05, 4.69) is 26.2 Å². The van der Waals surface area contributed by atoms with Crippen LogP contribution in [0.15, 0.2) is 10.7 Å². The standard InChI is InChI=1S/C12H16BrFN2O/c1-7-5-8(13)15-11(14)10(7)16-9(17)6-12(2,3)4/h5H,6H2,1-4H3,(H,16,17). The minimum atomic E-state index is -0.667. The van der Waals surface area contributed by atoms with E-state index in [9.17, 15) is 9.18 Å².